The molecule has 0 radical (unpaired) electrons. The van der Waals surface area contributed by atoms with E-state index < -0.39 is 17.9 Å². The van der Waals surface area contributed by atoms with Gasteiger partial charge in [-0.25, -0.2) is 0 Å². The van der Waals surface area contributed by atoms with Crippen LogP contribution >= 0.6 is 12.4 Å². The van der Waals surface area contributed by atoms with Crippen LogP contribution < -0.4 is 28.9 Å². The number of imide groups is 1. The predicted molar refractivity (Wildman–Crippen MR) is 238 cm³/mol. The number of fused-ring (bicyclic) bond motifs is 1. The molecular weight excluding hydrogens is 835 g/mol. The Bertz CT molecular complexity index is 1960. The van der Waals surface area contributed by atoms with E-state index in [9.17, 15) is 9.59 Å². The van der Waals surface area contributed by atoms with Crippen LogP contribution in [0.4, 0.5) is 17.1 Å². The Balaban J connectivity index is 0.000000252. The van der Waals surface area contributed by atoms with Crippen molar-refractivity contribution < 1.29 is 41.7 Å². The van der Waals surface area contributed by atoms with Gasteiger partial charge in [-0.3, -0.25) is 0 Å². The summed E-state index contributed by atoms with van der Waals surface area (Å²) in [5.74, 6) is 2.49. The summed E-state index contributed by atoms with van der Waals surface area (Å²) in [5.41, 5.74) is 10.2. The Labute approximate surface area is 362 Å². The molecule has 2 amide bonds. The summed E-state index contributed by atoms with van der Waals surface area (Å²) in [5, 5.41) is 0. The molecule has 0 aromatic heterocycles. The van der Waals surface area contributed by atoms with Crippen molar-refractivity contribution in [2.75, 3.05) is 42.0 Å². The van der Waals surface area contributed by atoms with E-state index in [1.807, 2.05) is 24.5 Å². The second-order valence-corrected chi connectivity index (χ2v) is 16.8. The van der Waals surface area contributed by atoms with Gasteiger partial charge in [-0.1, -0.05) is 91.8 Å². The van der Waals surface area contributed by atoms with Crippen LogP contribution in [0.3, 0.4) is 0 Å². The van der Waals surface area contributed by atoms with Crippen LogP contribution in [0, 0.1) is 12.6 Å². The van der Waals surface area contributed by atoms with Crippen LogP contribution in [-0.4, -0.2) is 49.8 Å². The topological polar surface area (TPSA) is 71.6 Å². The number of ether oxygens (including phenoxy) is 3. The number of hydrogen-bond donors (Lipinski definition) is 0. The number of halogens is 1. The fourth-order valence-electron chi connectivity index (χ4n) is 7.60. The summed E-state index contributed by atoms with van der Waals surface area (Å²) in [6.45, 7) is 26.7. The third kappa shape index (κ3) is 9.63. The minimum Gasteiger partial charge on any atom is -0.147 e. The number of amides is 2. The monoisotopic (exact) mass is 896 g/mol. The van der Waals surface area contributed by atoms with Gasteiger partial charge in [-0.05, 0) is 45.9 Å². The molecule has 4 aromatic carbocycles. The largest absolute Gasteiger partial charge is 0.147 e. The molecule has 1 fully saturated rings. The smallest absolute Gasteiger partial charge is 0.147 e. The van der Waals surface area contributed by atoms with E-state index >= 15 is 0 Å². The molecule has 6 rings (SSSR count). The van der Waals surface area contributed by atoms with Crippen LogP contribution in [0.15, 0.2) is 72.8 Å². The van der Waals surface area contributed by atoms with Crippen LogP contribution in [0.2, 0.25) is 0 Å². The zero-order valence-corrected chi connectivity index (χ0v) is 38.7. The van der Waals surface area contributed by atoms with Gasteiger partial charge in [0.15, 0.2) is 0 Å². The Morgan fingerprint density at radius 1 is 0.741 bits per heavy atom. The zero-order chi connectivity index (χ0) is 41.7. The fraction of sp³-hybridized carbons (Fsp3) is 0.417. The maximum Gasteiger partial charge on any atom is -0.147 e. The molecule has 4 aromatic rings. The van der Waals surface area contributed by atoms with Crippen molar-refractivity contribution in [3.8, 4) is 17.2 Å². The number of anilines is 3. The third-order valence-corrected chi connectivity index (χ3v) is 11.2. The fourth-order valence-corrected chi connectivity index (χ4v) is 8.00. The molecule has 2 aliphatic rings. The second-order valence-electron chi connectivity index (χ2n) is 16.3. The van der Waals surface area contributed by atoms with Crippen LogP contribution in [0.5, 0.6) is 17.2 Å². The number of carbonyl (C=O) groups is 2. The first-order chi connectivity index (χ1) is 27.1. The second kappa shape index (κ2) is 20.2. The number of methoxy groups -OCH3 is 2. The molecule has 1 saturated heterocycles. The maximum absolute atomic E-state index is 13.4. The SMILES string of the molecule is CC(C)c1cccc(C(C)C)c1N1[CH-]N(c2c(C(C)C)cccc2C(C)C)CC1.COc1ccc(C(=O)N2C(=O)C(C(C)C)Oc3c([CH]=[Ru+])cccc32)c(OC)c1.Cl. The molecule has 10 heteroatoms. The maximum atomic E-state index is 13.4. The minimum absolute atomic E-state index is 0. The van der Waals surface area contributed by atoms with E-state index in [0.717, 1.165) is 18.7 Å². The van der Waals surface area contributed by atoms with Gasteiger partial charge in [0.25, 0.3) is 0 Å². The van der Waals surface area contributed by atoms with Gasteiger partial charge in [0, 0.05) is 24.5 Å². The molecule has 2 aliphatic heterocycles. The quantitative estimate of drug-likeness (QED) is 0.0844. The first-order valence-electron chi connectivity index (χ1n) is 20.1. The molecule has 0 saturated carbocycles. The molecule has 2 heterocycles. The van der Waals surface area contributed by atoms with Gasteiger partial charge in [0.2, 0.25) is 0 Å². The number of rotatable bonds is 11. The normalized spacial score (nSPS) is 15.0. The Kier molecular flexibility index (Phi) is 16.2. The molecule has 0 aliphatic carbocycles. The number of carbonyl (C=O) groups excluding carboxylic acids is 2. The van der Waals surface area contributed by atoms with E-state index in [4.69, 9.17) is 14.2 Å². The molecule has 1 atom stereocenters. The molecule has 0 N–H and O–H groups in total. The summed E-state index contributed by atoms with van der Waals surface area (Å²) in [4.78, 5) is 32.8. The first kappa shape index (κ1) is 46.5. The third-order valence-electron chi connectivity index (χ3n) is 10.7. The van der Waals surface area contributed by atoms with Gasteiger partial charge in [0.1, 0.15) is 0 Å². The van der Waals surface area contributed by atoms with Crippen molar-refractivity contribution in [2.45, 2.75) is 99.0 Å². The van der Waals surface area contributed by atoms with Gasteiger partial charge in [-0.2, -0.15) is 6.67 Å². The average molecular weight is 897 g/mol. The van der Waals surface area contributed by atoms with Crippen molar-refractivity contribution in [3.05, 3.63) is 113 Å². The summed E-state index contributed by atoms with van der Waals surface area (Å²) in [6, 6.07) is 23.9. The average Bonchev–Trinajstić information content (AvgIpc) is 3.69. The Hall–Kier alpha value is -4.20. The zero-order valence-electron chi connectivity index (χ0n) is 36.1. The first-order valence-corrected chi connectivity index (χ1v) is 21.1. The summed E-state index contributed by atoms with van der Waals surface area (Å²) in [7, 11) is 3.01. The summed E-state index contributed by atoms with van der Waals surface area (Å²) >= 11 is 2.42. The molecule has 58 heavy (non-hydrogen) atoms. The minimum atomic E-state index is -0.756. The number of nitrogens with zero attached hydrogens (tertiary/aromatic N) is 3. The van der Waals surface area contributed by atoms with Gasteiger partial charge >= 0.3 is 174 Å². The van der Waals surface area contributed by atoms with Gasteiger partial charge < -0.3 is 9.80 Å². The van der Waals surface area contributed by atoms with Crippen molar-refractivity contribution in [1.82, 2.24) is 0 Å². The van der Waals surface area contributed by atoms with E-state index in [2.05, 4.69) is 126 Å². The van der Waals surface area contributed by atoms with Crippen molar-refractivity contribution >= 4 is 45.9 Å². The molecule has 0 spiro atoms. The van der Waals surface area contributed by atoms with Crippen LogP contribution in [-0.2, 0) is 22.6 Å². The Morgan fingerprint density at radius 3 is 1.64 bits per heavy atom. The molecule has 0 bridgehead atoms. The number of benzene rings is 4. The summed E-state index contributed by atoms with van der Waals surface area (Å²) in [6.07, 6.45) is -0.756. The van der Waals surface area contributed by atoms with E-state index in [1.54, 1.807) is 30.3 Å². The van der Waals surface area contributed by atoms with Crippen molar-refractivity contribution in [1.29, 1.82) is 0 Å². The van der Waals surface area contributed by atoms with Crippen molar-refractivity contribution in [2.24, 2.45) is 5.92 Å². The van der Waals surface area contributed by atoms with E-state index in [0.29, 0.717) is 46.6 Å². The molecule has 313 valence electrons. The standard InChI is InChI=1S/C27H39N2.C21H21NO5.ClH.Ru/c1-18(2)22-11-9-12-23(19(3)4)26(22)28-15-16-29(17-28)27-24(20(5)6)13-10-14-25(27)21(7)8;1-12(2)18-21(24)22(16-8-6-7-13(3)19(16)27-18)20(23)15-10-9-14(25-4)11-17(15)26-5;;/h9-14,17-21H,15-16H2,1-8H3;3,6-12,18H,1-2,4-5H3;1H;/q-1;;;+1. The van der Waals surface area contributed by atoms with Gasteiger partial charge in [0.05, 0.1) is 0 Å². The number of hydrogen-bond acceptors (Lipinski definition) is 7. The Morgan fingerprint density at radius 2 is 1.22 bits per heavy atom. The number of para-hydroxylation sites is 3. The van der Waals surface area contributed by atoms with Crippen LogP contribution in [0.25, 0.3) is 0 Å². The van der Waals surface area contributed by atoms with Crippen LogP contribution in [0.1, 0.15) is 131 Å². The molecule has 1 unspecified atom stereocenters. The van der Waals surface area contributed by atoms with Crippen molar-refractivity contribution in [3.63, 3.8) is 0 Å². The summed E-state index contributed by atoms with van der Waals surface area (Å²) < 4.78 is 18.4. The molecule has 8 nitrogen and oxygen atoms in total. The predicted octanol–water partition coefficient (Wildman–Crippen LogP) is 11.0. The van der Waals surface area contributed by atoms with E-state index in [-0.39, 0.29) is 23.9 Å². The van der Waals surface area contributed by atoms with E-state index in [1.165, 1.54) is 52.7 Å². The molecular formula is C48H61ClN3O5Ru. The van der Waals surface area contributed by atoms with Gasteiger partial charge in [-0.15, -0.1) is 12.4 Å².